The maximum absolute atomic E-state index is 6.18. The molecule has 0 amide bonds. The molecule has 39 heavy (non-hydrogen) atoms. The Labute approximate surface area is 241 Å². The predicted octanol–water partition coefficient (Wildman–Crippen LogP) is 11.4. The molecule has 5 heteroatoms. The van der Waals surface area contributed by atoms with E-state index >= 15 is 0 Å². The van der Waals surface area contributed by atoms with Crippen molar-refractivity contribution in [2.24, 2.45) is 0 Å². The van der Waals surface area contributed by atoms with E-state index in [1.807, 2.05) is 60.7 Å². The molecule has 0 spiro atoms. The standard InChI is InChI=1S/C34H55O4P/c1-3-5-6-7-8-9-11-14-23-30-35-32(4-2)25-18-13-10-12-15-24-31-36-39(37-33-26-19-16-20-27-33)38-34-28-21-17-22-29-34/h16-17,19-22,26-29,32H,3-15,18,23-25,30-31H2,1-2H3. The average molecular weight is 559 g/mol. The van der Waals surface area contributed by atoms with Crippen molar-refractivity contribution in [2.75, 3.05) is 13.2 Å². The van der Waals surface area contributed by atoms with Gasteiger partial charge < -0.3 is 13.8 Å². The summed E-state index contributed by atoms with van der Waals surface area (Å²) in [5.74, 6) is 1.53. The third kappa shape index (κ3) is 18.4. The summed E-state index contributed by atoms with van der Waals surface area (Å²) >= 11 is 0. The zero-order valence-corrected chi connectivity index (χ0v) is 25.8. The second-order valence-electron chi connectivity index (χ2n) is 10.5. The lowest BCUT2D eigenvalue weighted by Gasteiger charge is -2.17. The number of ether oxygens (including phenoxy) is 1. The molecule has 0 aliphatic rings. The van der Waals surface area contributed by atoms with Crippen molar-refractivity contribution >= 4 is 8.60 Å². The van der Waals surface area contributed by atoms with E-state index in [1.54, 1.807) is 0 Å². The molecule has 2 aromatic carbocycles. The third-order valence-corrected chi connectivity index (χ3v) is 8.13. The number of hydrogen-bond acceptors (Lipinski definition) is 4. The Kier molecular flexibility index (Phi) is 20.9. The van der Waals surface area contributed by atoms with Crippen molar-refractivity contribution in [3.8, 4) is 11.5 Å². The maximum atomic E-state index is 6.18. The molecular formula is C34H55O4P. The van der Waals surface area contributed by atoms with Gasteiger partial charge in [0, 0.05) is 6.61 Å². The molecule has 0 aliphatic carbocycles. The largest absolute Gasteiger partial charge is 0.463 e. The van der Waals surface area contributed by atoms with E-state index in [-0.39, 0.29) is 0 Å². The van der Waals surface area contributed by atoms with E-state index in [0.717, 1.165) is 30.9 Å². The van der Waals surface area contributed by atoms with Crippen LogP contribution in [0, 0.1) is 0 Å². The first kappa shape index (κ1) is 33.6. The number of unbranched alkanes of at least 4 members (excludes halogenated alkanes) is 13. The van der Waals surface area contributed by atoms with Gasteiger partial charge in [-0.3, -0.25) is 4.52 Å². The highest BCUT2D eigenvalue weighted by atomic mass is 31.2. The fourth-order valence-corrected chi connectivity index (χ4v) is 5.60. The summed E-state index contributed by atoms with van der Waals surface area (Å²) in [7, 11) is -1.48. The van der Waals surface area contributed by atoms with Crippen molar-refractivity contribution in [3.05, 3.63) is 60.7 Å². The van der Waals surface area contributed by atoms with E-state index in [9.17, 15) is 0 Å². The smallest absolute Gasteiger partial charge is 0.418 e. The van der Waals surface area contributed by atoms with Crippen LogP contribution < -0.4 is 9.05 Å². The normalized spacial score (nSPS) is 12.1. The van der Waals surface area contributed by atoms with Gasteiger partial charge in [0.05, 0.1) is 12.7 Å². The van der Waals surface area contributed by atoms with Crippen LogP contribution in [0.2, 0.25) is 0 Å². The van der Waals surface area contributed by atoms with Gasteiger partial charge in [0.15, 0.2) is 0 Å². The van der Waals surface area contributed by atoms with Gasteiger partial charge in [0.25, 0.3) is 0 Å². The number of hydrogen-bond donors (Lipinski definition) is 0. The third-order valence-electron chi connectivity index (χ3n) is 7.02. The minimum atomic E-state index is -1.48. The molecule has 0 radical (unpaired) electrons. The first-order valence-electron chi connectivity index (χ1n) is 15.8. The summed E-state index contributed by atoms with van der Waals surface area (Å²) in [6.07, 6.45) is 22.4. The van der Waals surface area contributed by atoms with Crippen molar-refractivity contribution < 1.29 is 18.3 Å². The van der Waals surface area contributed by atoms with Gasteiger partial charge in [-0.2, -0.15) is 0 Å². The van der Waals surface area contributed by atoms with Crippen LogP contribution in [0.15, 0.2) is 60.7 Å². The molecule has 0 aliphatic heterocycles. The lowest BCUT2D eigenvalue weighted by molar-refractivity contribution is 0.0406. The van der Waals surface area contributed by atoms with Crippen LogP contribution in [0.5, 0.6) is 11.5 Å². The molecule has 0 aromatic heterocycles. The predicted molar refractivity (Wildman–Crippen MR) is 167 cm³/mol. The van der Waals surface area contributed by atoms with Crippen LogP contribution in [0.25, 0.3) is 0 Å². The lowest BCUT2D eigenvalue weighted by atomic mass is 10.1. The van der Waals surface area contributed by atoms with Crippen LogP contribution in [0.4, 0.5) is 0 Å². The number of benzene rings is 2. The van der Waals surface area contributed by atoms with Gasteiger partial charge in [-0.25, -0.2) is 0 Å². The molecule has 0 N–H and O–H groups in total. The molecule has 0 fully saturated rings. The topological polar surface area (TPSA) is 36.9 Å². The van der Waals surface area contributed by atoms with Gasteiger partial charge in [-0.05, 0) is 49.9 Å². The van der Waals surface area contributed by atoms with Gasteiger partial charge in [0.2, 0.25) is 0 Å². The summed E-state index contributed by atoms with van der Waals surface area (Å²) in [6.45, 7) is 6.14. The van der Waals surface area contributed by atoms with Gasteiger partial charge >= 0.3 is 8.60 Å². The Hall–Kier alpha value is -1.61. The van der Waals surface area contributed by atoms with E-state index in [1.165, 1.54) is 96.3 Å². The highest BCUT2D eigenvalue weighted by molar-refractivity contribution is 7.42. The summed E-state index contributed by atoms with van der Waals surface area (Å²) in [4.78, 5) is 0. The van der Waals surface area contributed by atoms with Crippen LogP contribution in [-0.4, -0.2) is 19.3 Å². The highest BCUT2D eigenvalue weighted by Crippen LogP contribution is 2.41. The van der Waals surface area contributed by atoms with Crippen LogP contribution in [-0.2, 0) is 9.26 Å². The van der Waals surface area contributed by atoms with Gasteiger partial charge in [0.1, 0.15) is 11.5 Å². The first-order chi connectivity index (χ1) is 19.3. The monoisotopic (exact) mass is 558 g/mol. The zero-order valence-electron chi connectivity index (χ0n) is 24.9. The van der Waals surface area contributed by atoms with E-state index < -0.39 is 8.60 Å². The second kappa shape index (κ2) is 24.2. The Morgan fingerprint density at radius 3 is 1.51 bits per heavy atom. The number of para-hydroxylation sites is 2. The van der Waals surface area contributed by atoms with Gasteiger partial charge in [-0.15, -0.1) is 0 Å². The van der Waals surface area contributed by atoms with Crippen molar-refractivity contribution in [1.82, 2.24) is 0 Å². The van der Waals surface area contributed by atoms with Crippen LogP contribution in [0.1, 0.15) is 123 Å². The minimum absolute atomic E-state index is 0.445. The Morgan fingerprint density at radius 1 is 0.538 bits per heavy atom. The summed E-state index contributed by atoms with van der Waals surface area (Å²) < 4.78 is 24.2. The Bertz CT molecular complexity index is 732. The SMILES string of the molecule is CCCCCCCCCCCOC(CC)CCCCCCCCOP(Oc1ccccc1)Oc1ccccc1. The Balaban J connectivity index is 1.46. The number of rotatable bonds is 26. The Morgan fingerprint density at radius 2 is 1.00 bits per heavy atom. The molecular weight excluding hydrogens is 503 g/mol. The van der Waals surface area contributed by atoms with Gasteiger partial charge in [-0.1, -0.05) is 134 Å². The molecule has 0 bridgehead atoms. The summed E-state index contributed by atoms with van der Waals surface area (Å²) in [6, 6.07) is 19.5. The van der Waals surface area contributed by atoms with E-state index in [4.69, 9.17) is 18.3 Å². The average Bonchev–Trinajstić information content (AvgIpc) is 2.97. The quantitative estimate of drug-likeness (QED) is 0.0850. The molecule has 0 heterocycles. The molecule has 2 aromatic rings. The fourth-order valence-electron chi connectivity index (χ4n) is 4.59. The molecule has 1 unspecified atom stereocenters. The fraction of sp³-hybridized carbons (Fsp3) is 0.647. The van der Waals surface area contributed by atoms with E-state index in [0.29, 0.717) is 12.7 Å². The minimum Gasteiger partial charge on any atom is -0.418 e. The summed E-state index contributed by atoms with van der Waals surface area (Å²) in [5.41, 5.74) is 0. The maximum Gasteiger partial charge on any atom is 0.463 e. The molecule has 1 atom stereocenters. The van der Waals surface area contributed by atoms with Crippen molar-refractivity contribution in [1.29, 1.82) is 0 Å². The highest BCUT2D eigenvalue weighted by Gasteiger charge is 2.17. The first-order valence-corrected chi connectivity index (χ1v) is 16.9. The molecule has 4 nitrogen and oxygen atoms in total. The van der Waals surface area contributed by atoms with Crippen molar-refractivity contribution in [2.45, 2.75) is 129 Å². The summed E-state index contributed by atoms with van der Waals surface area (Å²) in [5, 5.41) is 0. The molecule has 0 saturated carbocycles. The lowest BCUT2D eigenvalue weighted by Crippen LogP contribution is -2.12. The van der Waals surface area contributed by atoms with Crippen LogP contribution >= 0.6 is 8.60 Å². The van der Waals surface area contributed by atoms with Crippen LogP contribution in [0.3, 0.4) is 0 Å². The van der Waals surface area contributed by atoms with E-state index in [2.05, 4.69) is 13.8 Å². The zero-order chi connectivity index (χ0) is 27.6. The molecule has 0 saturated heterocycles. The molecule has 220 valence electrons. The van der Waals surface area contributed by atoms with Crippen molar-refractivity contribution in [3.63, 3.8) is 0 Å². The molecule has 2 rings (SSSR count). The second-order valence-corrected chi connectivity index (χ2v) is 11.6.